The van der Waals surface area contributed by atoms with Crippen molar-refractivity contribution in [3.63, 3.8) is 0 Å². The van der Waals surface area contributed by atoms with Gasteiger partial charge in [0.2, 0.25) is 11.4 Å². The molecular formula is C27H29N9O4S2. The molecule has 218 valence electrons. The first kappa shape index (κ1) is 26.9. The Kier molecular flexibility index (Phi) is 7.09. The van der Waals surface area contributed by atoms with Crippen molar-refractivity contribution in [2.75, 3.05) is 36.5 Å². The number of morpholine rings is 1. The van der Waals surface area contributed by atoms with E-state index in [1.165, 1.54) is 33.5 Å². The number of carbonyl (C=O) groups excluding carboxylic acids is 1. The number of rotatable bonds is 7. The Morgan fingerprint density at radius 3 is 2.83 bits per heavy atom. The van der Waals surface area contributed by atoms with Crippen LogP contribution in [0.1, 0.15) is 46.7 Å². The third-order valence-electron chi connectivity index (χ3n) is 7.77. The van der Waals surface area contributed by atoms with Gasteiger partial charge in [-0.05, 0) is 12.8 Å². The Hall–Kier alpha value is -3.92. The van der Waals surface area contributed by atoms with Gasteiger partial charge in [0.25, 0.3) is 5.91 Å². The molecule has 2 aliphatic rings. The molecule has 0 spiro atoms. The first-order valence-electron chi connectivity index (χ1n) is 13.8. The average Bonchev–Trinajstić information content (AvgIpc) is 3.75. The van der Waals surface area contributed by atoms with Crippen LogP contribution >= 0.6 is 22.7 Å². The van der Waals surface area contributed by atoms with Gasteiger partial charge in [-0.3, -0.25) is 9.59 Å². The van der Waals surface area contributed by atoms with Gasteiger partial charge in [0, 0.05) is 54.8 Å². The zero-order valence-corrected chi connectivity index (χ0v) is 24.2. The fourth-order valence-corrected chi connectivity index (χ4v) is 7.52. The summed E-state index contributed by atoms with van der Waals surface area (Å²) in [6, 6.07) is 1.57. The molecule has 1 saturated heterocycles. The Balaban J connectivity index is 1.23. The highest BCUT2D eigenvalue weighted by Crippen LogP contribution is 2.38. The number of aromatic nitrogens is 5. The van der Waals surface area contributed by atoms with Gasteiger partial charge in [-0.15, -0.1) is 22.7 Å². The summed E-state index contributed by atoms with van der Waals surface area (Å²) in [7, 11) is 0. The summed E-state index contributed by atoms with van der Waals surface area (Å²) in [5.41, 5.74) is 14.4. The van der Waals surface area contributed by atoms with Crippen molar-refractivity contribution in [3.8, 4) is 10.4 Å². The second-order valence-corrected chi connectivity index (χ2v) is 12.5. The summed E-state index contributed by atoms with van der Waals surface area (Å²) in [4.78, 5) is 42.1. The molecule has 1 amide bonds. The second-order valence-electron chi connectivity index (χ2n) is 10.5. The molecule has 0 aromatic carbocycles. The van der Waals surface area contributed by atoms with E-state index in [2.05, 4.69) is 20.4 Å². The van der Waals surface area contributed by atoms with E-state index in [0.29, 0.717) is 59.8 Å². The quantitative estimate of drug-likeness (QED) is 0.247. The molecule has 2 atom stereocenters. The third kappa shape index (κ3) is 4.91. The number of fused-ring (bicyclic) bond motifs is 2. The number of thiophene rings is 1. The molecule has 6 heterocycles. The van der Waals surface area contributed by atoms with Crippen LogP contribution in [0.25, 0.3) is 26.4 Å². The highest BCUT2D eigenvalue weighted by Gasteiger charge is 2.27. The number of thiazole rings is 1. The standard InChI is InChI=1S/C27H29N9O4S2/c28-15-3-1-2-4-16(15)33-27-34-17(22(25(29)38)26-31-13-32-36(26)27)9-20-30-11-19(42-20)14-12-41-24-18(37)10-21(40-23(14)24)35-5-7-39-8-6-35/h10-13,15-16H,1-9,28H2,(H2,29,38)(H,33,34)/t15-,16+/m1/s1. The number of anilines is 2. The van der Waals surface area contributed by atoms with Crippen molar-refractivity contribution < 1.29 is 13.9 Å². The molecule has 13 nitrogen and oxygen atoms in total. The molecule has 7 rings (SSSR count). The Bertz CT molecular complexity index is 1840. The van der Waals surface area contributed by atoms with E-state index < -0.39 is 5.91 Å². The van der Waals surface area contributed by atoms with E-state index in [4.69, 9.17) is 25.6 Å². The lowest BCUT2D eigenvalue weighted by Gasteiger charge is -2.29. The molecule has 5 aromatic rings. The summed E-state index contributed by atoms with van der Waals surface area (Å²) in [6.07, 6.45) is 7.40. The van der Waals surface area contributed by atoms with Gasteiger partial charge in [0.05, 0.1) is 28.8 Å². The normalized spacial score (nSPS) is 19.5. The van der Waals surface area contributed by atoms with Crippen LogP contribution in [0.2, 0.25) is 0 Å². The minimum absolute atomic E-state index is 0.0100. The van der Waals surface area contributed by atoms with Crippen molar-refractivity contribution in [1.29, 1.82) is 0 Å². The first-order valence-corrected chi connectivity index (χ1v) is 15.5. The molecular weight excluding hydrogens is 578 g/mol. The lowest BCUT2D eigenvalue weighted by Crippen LogP contribution is -2.43. The number of nitrogens with zero attached hydrogens (tertiary/aromatic N) is 6. The van der Waals surface area contributed by atoms with Gasteiger partial charge < -0.3 is 30.8 Å². The number of hydrogen-bond acceptors (Lipinski definition) is 13. The number of ether oxygens (including phenoxy) is 1. The number of hydrogen-bond donors (Lipinski definition) is 3. The maximum absolute atomic E-state index is 12.9. The Morgan fingerprint density at radius 1 is 1.19 bits per heavy atom. The van der Waals surface area contributed by atoms with E-state index >= 15 is 0 Å². The summed E-state index contributed by atoms with van der Waals surface area (Å²) >= 11 is 2.79. The minimum atomic E-state index is -0.644. The second kappa shape index (κ2) is 11.1. The maximum Gasteiger partial charge on any atom is 0.254 e. The fourth-order valence-electron chi connectivity index (χ4n) is 5.60. The van der Waals surface area contributed by atoms with Crippen LogP contribution < -0.4 is 27.1 Å². The summed E-state index contributed by atoms with van der Waals surface area (Å²) in [5.74, 6) is 0.354. The smallest absolute Gasteiger partial charge is 0.254 e. The van der Waals surface area contributed by atoms with Crippen molar-refractivity contribution in [2.24, 2.45) is 11.5 Å². The summed E-state index contributed by atoms with van der Waals surface area (Å²) in [5, 5.41) is 10.4. The van der Waals surface area contributed by atoms with Crippen molar-refractivity contribution in [3.05, 3.63) is 50.5 Å². The first-order chi connectivity index (χ1) is 20.5. The zero-order valence-electron chi connectivity index (χ0n) is 22.6. The van der Waals surface area contributed by atoms with Crippen LogP contribution in [0.3, 0.4) is 0 Å². The molecule has 15 heteroatoms. The summed E-state index contributed by atoms with van der Waals surface area (Å²) in [6.45, 7) is 2.49. The van der Waals surface area contributed by atoms with Gasteiger partial charge in [-0.1, -0.05) is 12.8 Å². The SMILES string of the molecule is NC(=O)c1c(Cc2ncc(-c3csc4c(=O)cc(N5CCOCC5)oc34)s2)nc(N[C@H]2CCCC[C@H]2N)n2ncnc12. The highest BCUT2D eigenvalue weighted by molar-refractivity contribution is 7.19. The van der Waals surface area contributed by atoms with Crippen LogP contribution in [0.5, 0.6) is 0 Å². The number of nitrogens with one attached hydrogen (secondary N) is 1. The molecule has 42 heavy (non-hydrogen) atoms. The number of amides is 1. The van der Waals surface area contributed by atoms with E-state index in [0.717, 1.165) is 41.1 Å². The average molecular weight is 608 g/mol. The van der Waals surface area contributed by atoms with E-state index in [-0.39, 0.29) is 29.5 Å². The molecule has 1 aliphatic heterocycles. The Morgan fingerprint density at radius 2 is 2.02 bits per heavy atom. The number of carbonyl (C=O) groups is 1. The monoisotopic (exact) mass is 607 g/mol. The van der Waals surface area contributed by atoms with Crippen LogP contribution in [0, 0.1) is 0 Å². The lowest BCUT2D eigenvalue weighted by atomic mass is 9.91. The van der Waals surface area contributed by atoms with Crippen LogP contribution in [0.4, 0.5) is 11.8 Å². The van der Waals surface area contributed by atoms with Crippen LogP contribution in [0.15, 0.2) is 33.2 Å². The van der Waals surface area contributed by atoms with Gasteiger partial charge in [-0.25, -0.2) is 15.0 Å². The van der Waals surface area contributed by atoms with Crippen LogP contribution in [-0.2, 0) is 11.2 Å². The molecule has 2 fully saturated rings. The largest absolute Gasteiger partial charge is 0.439 e. The molecule has 1 aliphatic carbocycles. The van der Waals surface area contributed by atoms with Crippen molar-refractivity contribution in [2.45, 2.75) is 44.2 Å². The van der Waals surface area contributed by atoms with E-state index in [1.54, 1.807) is 12.3 Å². The molecule has 5 N–H and O–H groups in total. The molecule has 1 saturated carbocycles. The lowest BCUT2D eigenvalue weighted by molar-refractivity contribution is 0.1000. The van der Waals surface area contributed by atoms with Gasteiger partial charge in [-0.2, -0.15) is 9.61 Å². The van der Waals surface area contributed by atoms with Gasteiger partial charge >= 0.3 is 0 Å². The van der Waals surface area contributed by atoms with Crippen LogP contribution in [-0.4, -0.2) is 68.9 Å². The van der Waals surface area contributed by atoms with Gasteiger partial charge in [0.15, 0.2) is 17.1 Å². The molecule has 0 unspecified atom stereocenters. The molecule has 0 radical (unpaired) electrons. The number of nitrogens with two attached hydrogens (primary N) is 2. The zero-order chi connectivity index (χ0) is 28.8. The third-order valence-corrected chi connectivity index (χ3v) is 9.78. The minimum Gasteiger partial charge on any atom is -0.439 e. The predicted octanol–water partition coefficient (Wildman–Crippen LogP) is 2.62. The van der Waals surface area contributed by atoms with Gasteiger partial charge in [0.1, 0.15) is 16.6 Å². The Labute approximate surface area is 247 Å². The predicted molar refractivity (Wildman–Crippen MR) is 160 cm³/mol. The summed E-state index contributed by atoms with van der Waals surface area (Å²) < 4.78 is 13.8. The molecule has 0 bridgehead atoms. The van der Waals surface area contributed by atoms with Crippen molar-refractivity contribution in [1.82, 2.24) is 24.6 Å². The number of primary amides is 1. The van der Waals surface area contributed by atoms with Crippen molar-refractivity contribution >= 4 is 56.3 Å². The van der Waals surface area contributed by atoms with E-state index in [1.807, 2.05) is 10.3 Å². The molecule has 5 aromatic heterocycles. The topological polar surface area (TPSA) is 180 Å². The maximum atomic E-state index is 12.9. The fraction of sp³-hybridized carbons (Fsp3) is 0.407. The van der Waals surface area contributed by atoms with E-state index in [9.17, 15) is 9.59 Å². The highest BCUT2D eigenvalue weighted by atomic mass is 32.1.